The summed E-state index contributed by atoms with van der Waals surface area (Å²) in [7, 11) is 0. The fourth-order valence-corrected chi connectivity index (χ4v) is 1.59. The molecule has 102 valence electrons. The molecule has 0 aliphatic carbocycles. The minimum absolute atomic E-state index is 0.302. The maximum atomic E-state index is 9.58. The van der Waals surface area contributed by atoms with Crippen molar-refractivity contribution < 1.29 is 9.84 Å². The van der Waals surface area contributed by atoms with Crippen LogP contribution in [0, 0.1) is 0 Å². The van der Waals surface area contributed by atoms with Crippen molar-refractivity contribution in [3.05, 3.63) is 29.8 Å². The number of nitrogens with one attached hydrogen (secondary N) is 1. The average Bonchev–Trinajstić information content (AvgIpc) is 2.33. The minimum Gasteiger partial charge on any atom is -0.491 e. The van der Waals surface area contributed by atoms with Gasteiger partial charge in [0.25, 0.3) is 0 Å². The van der Waals surface area contributed by atoms with E-state index in [4.69, 9.17) is 4.74 Å². The number of hydrogen-bond acceptors (Lipinski definition) is 3. The van der Waals surface area contributed by atoms with E-state index in [-0.39, 0.29) is 0 Å². The van der Waals surface area contributed by atoms with Gasteiger partial charge in [-0.2, -0.15) is 0 Å². The third-order valence-electron chi connectivity index (χ3n) is 2.67. The van der Waals surface area contributed by atoms with Crippen molar-refractivity contribution in [2.45, 2.75) is 45.8 Å². The minimum atomic E-state index is -0.797. The molecule has 0 fully saturated rings. The first kappa shape index (κ1) is 15.0. The summed E-state index contributed by atoms with van der Waals surface area (Å²) in [4.78, 5) is 0. The molecule has 0 spiro atoms. The third kappa shape index (κ3) is 5.52. The Kier molecular flexibility index (Phi) is 5.63. The zero-order chi connectivity index (χ0) is 13.6. The van der Waals surface area contributed by atoms with Crippen molar-refractivity contribution in [1.82, 2.24) is 5.32 Å². The lowest BCUT2D eigenvalue weighted by Gasteiger charge is -2.18. The molecule has 1 atom stereocenters. The van der Waals surface area contributed by atoms with E-state index in [1.54, 1.807) is 13.8 Å². The van der Waals surface area contributed by atoms with Gasteiger partial charge in [-0.25, -0.2) is 0 Å². The average molecular weight is 251 g/mol. The van der Waals surface area contributed by atoms with E-state index in [0.717, 1.165) is 18.7 Å². The fraction of sp³-hybridized carbons (Fsp3) is 0.600. The van der Waals surface area contributed by atoms with Gasteiger partial charge in [0.2, 0.25) is 0 Å². The van der Waals surface area contributed by atoms with Crippen molar-refractivity contribution in [3.63, 3.8) is 0 Å². The molecule has 1 aromatic rings. The SMILES string of the molecule is CCCNC(C)c1ccc(OCC(C)(C)O)cc1. The monoisotopic (exact) mass is 251 g/mol. The zero-order valence-electron chi connectivity index (χ0n) is 11.9. The maximum Gasteiger partial charge on any atom is 0.119 e. The Morgan fingerprint density at radius 3 is 2.39 bits per heavy atom. The second-order valence-electron chi connectivity index (χ2n) is 5.35. The van der Waals surface area contributed by atoms with Crippen LogP contribution in [0.15, 0.2) is 24.3 Å². The highest BCUT2D eigenvalue weighted by atomic mass is 16.5. The standard InChI is InChI=1S/C15H25NO2/c1-5-10-16-12(2)13-6-8-14(9-7-13)18-11-15(3,4)17/h6-9,12,16-17H,5,10-11H2,1-4H3. The highest BCUT2D eigenvalue weighted by Crippen LogP contribution is 2.18. The highest BCUT2D eigenvalue weighted by molar-refractivity contribution is 5.29. The number of hydrogen-bond donors (Lipinski definition) is 2. The topological polar surface area (TPSA) is 41.5 Å². The van der Waals surface area contributed by atoms with E-state index in [1.807, 2.05) is 12.1 Å². The molecule has 0 radical (unpaired) electrons. The second-order valence-corrected chi connectivity index (χ2v) is 5.35. The van der Waals surface area contributed by atoms with Gasteiger partial charge in [-0.1, -0.05) is 19.1 Å². The van der Waals surface area contributed by atoms with Crippen LogP contribution in [0.25, 0.3) is 0 Å². The van der Waals surface area contributed by atoms with Crippen LogP contribution in [-0.2, 0) is 0 Å². The van der Waals surface area contributed by atoms with Gasteiger partial charge in [0.15, 0.2) is 0 Å². The van der Waals surface area contributed by atoms with Gasteiger partial charge in [-0.15, -0.1) is 0 Å². The van der Waals surface area contributed by atoms with Crippen LogP contribution < -0.4 is 10.1 Å². The van der Waals surface area contributed by atoms with Crippen molar-refractivity contribution in [1.29, 1.82) is 0 Å². The van der Waals surface area contributed by atoms with Crippen LogP contribution in [0.3, 0.4) is 0 Å². The molecule has 1 aromatic carbocycles. The molecule has 1 rings (SSSR count). The van der Waals surface area contributed by atoms with Crippen molar-refractivity contribution in [2.24, 2.45) is 0 Å². The van der Waals surface area contributed by atoms with Gasteiger partial charge >= 0.3 is 0 Å². The van der Waals surface area contributed by atoms with Gasteiger partial charge in [-0.05, 0) is 51.4 Å². The smallest absolute Gasteiger partial charge is 0.119 e. The molecule has 0 heterocycles. The first-order chi connectivity index (χ1) is 8.42. The van der Waals surface area contributed by atoms with E-state index in [1.165, 1.54) is 5.56 Å². The predicted octanol–water partition coefficient (Wildman–Crippen LogP) is 2.90. The number of ether oxygens (including phenoxy) is 1. The van der Waals surface area contributed by atoms with Gasteiger partial charge in [-0.3, -0.25) is 0 Å². The number of aliphatic hydroxyl groups is 1. The van der Waals surface area contributed by atoms with Gasteiger partial charge in [0, 0.05) is 6.04 Å². The molecule has 18 heavy (non-hydrogen) atoms. The lowest BCUT2D eigenvalue weighted by Crippen LogP contribution is -2.27. The van der Waals surface area contributed by atoms with E-state index in [2.05, 4.69) is 31.3 Å². The van der Waals surface area contributed by atoms with Crippen molar-refractivity contribution >= 4 is 0 Å². The predicted molar refractivity (Wildman–Crippen MR) is 74.9 cm³/mol. The van der Waals surface area contributed by atoms with Crippen LogP contribution in [0.5, 0.6) is 5.75 Å². The molecule has 3 heteroatoms. The summed E-state index contributed by atoms with van der Waals surface area (Å²) in [6.45, 7) is 9.11. The maximum absolute atomic E-state index is 9.58. The van der Waals surface area contributed by atoms with Crippen LogP contribution in [0.2, 0.25) is 0 Å². The molecule has 2 N–H and O–H groups in total. The Morgan fingerprint density at radius 2 is 1.89 bits per heavy atom. The molecule has 0 aromatic heterocycles. The molecule has 0 bridgehead atoms. The Bertz CT molecular complexity index is 341. The summed E-state index contributed by atoms with van der Waals surface area (Å²) in [5.74, 6) is 0.795. The summed E-state index contributed by atoms with van der Waals surface area (Å²) in [6.07, 6.45) is 1.14. The zero-order valence-corrected chi connectivity index (χ0v) is 11.9. The Hall–Kier alpha value is -1.06. The Morgan fingerprint density at radius 1 is 1.28 bits per heavy atom. The first-order valence-electron chi connectivity index (χ1n) is 6.61. The largest absolute Gasteiger partial charge is 0.491 e. The summed E-state index contributed by atoms with van der Waals surface area (Å²) in [5, 5.41) is 13.0. The second kappa shape index (κ2) is 6.76. The Labute approximate surface area is 110 Å². The van der Waals surface area contributed by atoms with Gasteiger partial charge < -0.3 is 15.2 Å². The van der Waals surface area contributed by atoms with E-state index < -0.39 is 5.60 Å². The van der Waals surface area contributed by atoms with Crippen LogP contribution >= 0.6 is 0 Å². The van der Waals surface area contributed by atoms with Gasteiger partial charge in [0.1, 0.15) is 12.4 Å². The third-order valence-corrected chi connectivity index (χ3v) is 2.67. The fourth-order valence-electron chi connectivity index (χ4n) is 1.59. The summed E-state index contributed by atoms with van der Waals surface area (Å²) < 4.78 is 5.52. The van der Waals surface area contributed by atoms with Crippen molar-refractivity contribution in [2.75, 3.05) is 13.2 Å². The van der Waals surface area contributed by atoms with Gasteiger partial charge in [0.05, 0.1) is 5.60 Å². The van der Waals surface area contributed by atoms with Crippen molar-refractivity contribution in [3.8, 4) is 5.75 Å². The molecule has 0 saturated carbocycles. The Balaban J connectivity index is 2.52. The molecular formula is C15H25NO2. The number of rotatable bonds is 7. The molecule has 1 unspecified atom stereocenters. The first-order valence-corrected chi connectivity index (χ1v) is 6.61. The number of benzene rings is 1. The molecule has 0 aliphatic heterocycles. The molecule has 0 aliphatic rings. The van der Waals surface area contributed by atoms with Crippen LogP contribution in [0.1, 0.15) is 45.7 Å². The lowest BCUT2D eigenvalue weighted by molar-refractivity contribution is 0.0285. The lowest BCUT2D eigenvalue weighted by atomic mass is 10.1. The molecule has 3 nitrogen and oxygen atoms in total. The molecule has 0 amide bonds. The van der Waals surface area contributed by atoms with Crippen LogP contribution in [-0.4, -0.2) is 23.9 Å². The normalized spacial score (nSPS) is 13.4. The van der Waals surface area contributed by atoms with E-state index in [9.17, 15) is 5.11 Å². The summed E-state index contributed by atoms with van der Waals surface area (Å²) in [5.41, 5.74) is 0.452. The highest BCUT2D eigenvalue weighted by Gasteiger charge is 2.13. The summed E-state index contributed by atoms with van der Waals surface area (Å²) in [6, 6.07) is 8.38. The molecular weight excluding hydrogens is 226 g/mol. The molecule has 0 saturated heterocycles. The van der Waals surface area contributed by atoms with Crippen LogP contribution in [0.4, 0.5) is 0 Å². The summed E-state index contributed by atoms with van der Waals surface area (Å²) >= 11 is 0. The van der Waals surface area contributed by atoms with E-state index in [0.29, 0.717) is 12.6 Å². The quantitative estimate of drug-likeness (QED) is 0.783. The van der Waals surface area contributed by atoms with E-state index >= 15 is 0 Å².